The molecule has 1 heteroatoms. The lowest BCUT2D eigenvalue weighted by Gasteiger charge is -2.13. The molecule has 1 aromatic carbocycles. The van der Waals surface area contributed by atoms with E-state index >= 15 is 0 Å². The Morgan fingerprint density at radius 2 is 2.00 bits per heavy atom. The van der Waals surface area contributed by atoms with Gasteiger partial charge in [0.15, 0.2) is 0 Å². The number of nitrogens with two attached hydrogens (primary N) is 1. The summed E-state index contributed by atoms with van der Waals surface area (Å²) in [5.74, 6) is 0.599. The van der Waals surface area contributed by atoms with Crippen molar-refractivity contribution in [3.05, 3.63) is 34.9 Å². The lowest BCUT2D eigenvalue weighted by molar-refractivity contribution is 0.829. The number of aryl methyl sites for hydroxylation is 1. The van der Waals surface area contributed by atoms with Gasteiger partial charge in [-0.15, -0.1) is 0 Å². The molecule has 0 aromatic heterocycles. The molecule has 0 spiro atoms. The third kappa shape index (κ3) is 2.58. The predicted octanol–water partition coefficient (Wildman–Crippen LogP) is 2.87. The molecule has 0 aliphatic carbocycles. The van der Waals surface area contributed by atoms with Gasteiger partial charge in [0.05, 0.1) is 0 Å². The highest BCUT2D eigenvalue weighted by Crippen LogP contribution is 2.21. The summed E-state index contributed by atoms with van der Waals surface area (Å²) in [6, 6.07) is 6.80. The van der Waals surface area contributed by atoms with Crippen molar-refractivity contribution in [3.8, 4) is 0 Å². The molecule has 78 valence electrons. The van der Waals surface area contributed by atoms with Crippen LogP contribution in [-0.4, -0.2) is 6.54 Å². The van der Waals surface area contributed by atoms with E-state index in [0.717, 1.165) is 19.4 Å². The number of benzene rings is 1. The molecular formula is C13H21N. The van der Waals surface area contributed by atoms with Crippen LogP contribution in [0, 0.1) is 0 Å². The summed E-state index contributed by atoms with van der Waals surface area (Å²) in [6.45, 7) is 7.41. The van der Waals surface area contributed by atoms with Crippen LogP contribution >= 0.6 is 0 Å². The first-order valence-electron chi connectivity index (χ1n) is 5.50. The molecule has 2 N–H and O–H groups in total. The summed E-state index contributed by atoms with van der Waals surface area (Å²) < 4.78 is 0. The quantitative estimate of drug-likeness (QED) is 0.778. The van der Waals surface area contributed by atoms with Crippen LogP contribution < -0.4 is 5.73 Å². The lowest BCUT2D eigenvalue weighted by atomic mass is 9.93. The van der Waals surface area contributed by atoms with Crippen LogP contribution in [0.5, 0.6) is 0 Å². The van der Waals surface area contributed by atoms with Gasteiger partial charge in [0, 0.05) is 0 Å². The molecule has 0 radical (unpaired) electrons. The van der Waals surface area contributed by atoms with Gasteiger partial charge in [-0.3, -0.25) is 0 Å². The Bertz CT molecular complexity index is 289. The maximum absolute atomic E-state index is 5.62. The average molecular weight is 191 g/mol. The van der Waals surface area contributed by atoms with E-state index in [1.54, 1.807) is 0 Å². The zero-order chi connectivity index (χ0) is 10.6. The molecule has 0 fully saturated rings. The summed E-state index contributed by atoms with van der Waals surface area (Å²) in [4.78, 5) is 0. The van der Waals surface area contributed by atoms with Crippen molar-refractivity contribution >= 4 is 0 Å². The Balaban J connectivity index is 3.03. The van der Waals surface area contributed by atoms with Crippen molar-refractivity contribution in [1.82, 2.24) is 0 Å². The van der Waals surface area contributed by atoms with E-state index in [4.69, 9.17) is 5.73 Å². The summed E-state index contributed by atoms with van der Waals surface area (Å²) in [7, 11) is 0. The number of hydrogen-bond donors (Lipinski definition) is 1. The predicted molar refractivity (Wildman–Crippen MR) is 62.7 cm³/mol. The van der Waals surface area contributed by atoms with Gasteiger partial charge in [0.2, 0.25) is 0 Å². The second-order valence-corrected chi connectivity index (χ2v) is 4.08. The van der Waals surface area contributed by atoms with E-state index in [1.165, 1.54) is 16.7 Å². The van der Waals surface area contributed by atoms with Gasteiger partial charge in [0.25, 0.3) is 0 Å². The Labute approximate surface area is 87.3 Å². The van der Waals surface area contributed by atoms with E-state index in [-0.39, 0.29) is 0 Å². The van der Waals surface area contributed by atoms with Crippen LogP contribution in [-0.2, 0) is 12.8 Å². The molecule has 14 heavy (non-hydrogen) atoms. The molecule has 0 aliphatic rings. The van der Waals surface area contributed by atoms with E-state index in [1.807, 2.05) is 0 Å². The Kier molecular flexibility index (Phi) is 4.15. The van der Waals surface area contributed by atoms with Gasteiger partial charge >= 0.3 is 0 Å². The monoisotopic (exact) mass is 191 g/mol. The van der Waals surface area contributed by atoms with Crippen molar-refractivity contribution < 1.29 is 0 Å². The average Bonchev–Trinajstić information content (AvgIpc) is 2.17. The maximum atomic E-state index is 5.62. The van der Waals surface area contributed by atoms with E-state index in [2.05, 4.69) is 39.0 Å². The third-order valence-electron chi connectivity index (χ3n) is 2.65. The summed E-state index contributed by atoms with van der Waals surface area (Å²) in [6.07, 6.45) is 2.11. The summed E-state index contributed by atoms with van der Waals surface area (Å²) in [5, 5.41) is 0. The Morgan fingerprint density at radius 1 is 1.29 bits per heavy atom. The highest BCUT2D eigenvalue weighted by Gasteiger charge is 2.06. The zero-order valence-corrected chi connectivity index (χ0v) is 9.51. The largest absolute Gasteiger partial charge is 0.330 e. The van der Waals surface area contributed by atoms with Gasteiger partial charge in [0.1, 0.15) is 0 Å². The molecule has 0 aliphatic heterocycles. The first kappa shape index (κ1) is 11.3. The zero-order valence-electron chi connectivity index (χ0n) is 9.51. The van der Waals surface area contributed by atoms with Crippen LogP contribution in [0.2, 0.25) is 0 Å². The van der Waals surface area contributed by atoms with Crippen LogP contribution in [0.4, 0.5) is 0 Å². The topological polar surface area (TPSA) is 26.0 Å². The minimum atomic E-state index is 0.599. The van der Waals surface area contributed by atoms with Crippen molar-refractivity contribution in [3.63, 3.8) is 0 Å². The summed E-state index contributed by atoms with van der Waals surface area (Å²) in [5.41, 5.74) is 9.92. The molecule has 0 heterocycles. The molecule has 1 aromatic rings. The SMILES string of the molecule is CCc1ccc(C(C)C)c(CCN)c1. The van der Waals surface area contributed by atoms with Crippen molar-refractivity contribution in [2.75, 3.05) is 6.54 Å². The minimum absolute atomic E-state index is 0.599. The van der Waals surface area contributed by atoms with Crippen LogP contribution in [0.25, 0.3) is 0 Å². The second kappa shape index (κ2) is 5.16. The smallest absolute Gasteiger partial charge is 0.00366 e. The number of rotatable bonds is 4. The standard InChI is InChI=1S/C13H21N/c1-4-11-5-6-13(10(2)3)12(9-11)7-8-14/h5-6,9-10H,4,7-8,14H2,1-3H3. The Hall–Kier alpha value is -0.820. The van der Waals surface area contributed by atoms with Crippen LogP contribution in [0.1, 0.15) is 43.4 Å². The highest BCUT2D eigenvalue weighted by molar-refractivity contribution is 5.34. The fourth-order valence-electron chi connectivity index (χ4n) is 1.81. The van der Waals surface area contributed by atoms with Gasteiger partial charge in [-0.25, -0.2) is 0 Å². The van der Waals surface area contributed by atoms with Crippen molar-refractivity contribution in [1.29, 1.82) is 0 Å². The minimum Gasteiger partial charge on any atom is -0.330 e. The van der Waals surface area contributed by atoms with Crippen molar-refractivity contribution in [2.45, 2.75) is 39.5 Å². The van der Waals surface area contributed by atoms with Gasteiger partial charge < -0.3 is 5.73 Å². The molecule has 0 saturated heterocycles. The first-order chi connectivity index (χ1) is 6.69. The fourth-order valence-corrected chi connectivity index (χ4v) is 1.81. The van der Waals surface area contributed by atoms with Gasteiger partial charge in [-0.1, -0.05) is 39.0 Å². The molecule has 1 rings (SSSR count). The third-order valence-corrected chi connectivity index (χ3v) is 2.65. The van der Waals surface area contributed by atoms with E-state index in [9.17, 15) is 0 Å². The summed E-state index contributed by atoms with van der Waals surface area (Å²) >= 11 is 0. The van der Waals surface area contributed by atoms with Crippen molar-refractivity contribution in [2.24, 2.45) is 5.73 Å². The molecule has 0 saturated carbocycles. The molecular weight excluding hydrogens is 170 g/mol. The maximum Gasteiger partial charge on any atom is -0.00366 e. The van der Waals surface area contributed by atoms with E-state index < -0.39 is 0 Å². The molecule has 0 bridgehead atoms. The molecule has 0 atom stereocenters. The fraction of sp³-hybridized carbons (Fsp3) is 0.538. The van der Waals surface area contributed by atoms with Crippen LogP contribution in [0.3, 0.4) is 0 Å². The van der Waals surface area contributed by atoms with E-state index in [0.29, 0.717) is 5.92 Å². The first-order valence-corrected chi connectivity index (χ1v) is 5.50. The second-order valence-electron chi connectivity index (χ2n) is 4.08. The molecule has 0 amide bonds. The number of hydrogen-bond acceptors (Lipinski definition) is 1. The Morgan fingerprint density at radius 3 is 2.50 bits per heavy atom. The van der Waals surface area contributed by atoms with Gasteiger partial charge in [-0.05, 0) is 42.0 Å². The normalized spacial score (nSPS) is 10.9. The lowest BCUT2D eigenvalue weighted by Crippen LogP contribution is -2.06. The molecule has 1 nitrogen and oxygen atoms in total. The van der Waals surface area contributed by atoms with Crippen LogP contribution in [0.15, 0.2) is 18.2 Å². The molecule has 0 unspecified atom stereocenters. The van der Waals surface area contributed by atoms with Gasteiger partial charge in [-0.2, -0.15) is 0 Å². The highest BCUT2D eigenvalue weighted by atomic mass is 14.5.